The lowest BCUT2D eigenvalue weighted by atomic mass is 10.00. The van der Waals surface area contributed by atoms with Gasteiger partial charge in [-0.25, -0.2) is 4.39 Å². The summed E-state index contributed by atoms with van der Waals surface area (Å²) in [7, 11) is 0. The van der Waals surface area contributed by atoms with Crippen LogP contribution in [-0.4, -0.2) is 11.7 Å². The van der Waals surface area contributed by atoms with Gasteiger partial charge in [0.1, 0.15) is 17.3 Å². The summed E-state index contributed by atoms with van der Waals surface area (Å²) in [6.45, 7) is 0. The van der Waals surface area contributed by atoms with Gasteiger partial charge < -0.3 is 14.6 Å². The van der Waals surface area contributed by atoms with Gasteiger partial charge in [-0.3, -0.25) is 0 Å². The fourth-order valence-electron chi connectivity index (χ4n) is 2.22. The quantitative estimate of drug-likeness (QED) is 0.871. The van der Waals surface area contributed by atoms with Crippen LogP contribution >= 0.6 is 11.8 Å². The summed E-state index contributed by atoms with van der Waals surface area (Å²) in [6, 6.07) is 11.6. The van der Waals surface area contributed by atoms with Gasteiger partial charge in [0.2, 0.25) is 0 Å². The normalized spacial score (nSPS) is 15.9. The minimum absolute atomic E-state index is 0.158. The lowest BCUT2D eigenvalue weighted by Crippen LogP contribution is -2.25. The molecule has 5 heteroatoms. The van der Waals surface area contributed by atoms with E-state index in [1.165, 1.54) is 23.9 Å². The number of hydrogen-bond donors (Lipinski definition) is 0. The van der Waals surface area contributed by atoms with Gasteiger partial charge in [0.25, 0.3) is 0 Å². The van der Waals surface area contributed by atoms with Crippen LogP contribution in [0.4, 0.5) is 4.39 Å². The molecule has 1 aliphatic heterocycles. The first-order valence-corrected chi connectivity index (χ1v) is 7.07. The Morgan fingerprint density at radius 2 is 1.95 bits per heavy atom. The molecule has 0 aliphatic carbocycles. The average Bonchev–Trinajstić information content (AvgIpc) is 2.43. The van der Waals surface area contributed by atoms with Crippen molar-refractivity contribution in [3.8, 4) is 11.5 Å². The second-order valence-electron chi connectivity index (χ2n) is 4.39. The molecular weight excluding hydrogens is 279 g/mol. The number of hydrogen-bond acceptors (Lipinski definition) is 4. The summed E-state index contributed by atoms with van der Waals surface area (Å²) in [5.74, 6) is -0.444. The van der Waals surface area contributed by atoms with Crippen molar-refractivity contribution in [3.63, 3.8) is 0 Å². The molecule has 0 saturated heterocycles. The molecule has 0 unspecified atom stereocenters. The highest BCUT2D eigenvalue weighted by molar-refractivity contribution is 8.00. The molecule has 1 aliphatic rings. The molecule has 0 amide bonds. The molecule has 0 fully saturated rings. The molecule has 0 radical (unpaired) electrons. The number of carbonyl (C=O) groups excluding carboxylic acids is 1. The molecule has 0 aromatic heterocycles. The highest BCUT2D eigenvalue weighted by atomic mass is 32.2. The molecule has 102 valence electrons. The maximum atomic E-state index is 13.4. The van der Waals surface area contributed by atoms with Gasteiger partial charge in [-0.2, -0.15) is 0 Å². The van der Waals surface area contributed by atoms with E-state index in [1.807, 2.05) is 24.3 Å². The Labute approximate surface area is 119 Å². The zero-order valence-corrected chi connectivity index (χ0v) is 11.2. The smallest absolute Gasteiger partial charge is 0.132 e. The van der Waals surface area contributed by atoms with Crippen LogP contribution in [0.2, 0.25) is 0 Å². The average molecular weight is 289 g/mol. The lowest BCUT2D eigenvalue weighted by molar-refractivity contribution is -0.301. The number of rotatable bonds is 3. The van der Waals surface area contributed by atoms with Gasteiger partial charge in [-0.1, -0.05) is 18.2 Å². The van der Waals surface area contributed by atoms with E-state index in [0.717, 1.165) is 5.56 Å². The van der Waals surface area contributed by atoms with Crippen LogP contribution in [0.5, 0.6) is 11.5 Å². The first-order chi connectivity index (χ1) is 9.65. The van der Waals surface area contributed by atoms with Gasteiger partial charge in [0.15, 0.2) is 0 Å². The van der Waals surface area contributed by atoms with Gasteiger partial charge in [-0.15, -0.1) is 11.8 Å². The van der Waals surface area contributed by atoms with Gasteiger partial charge >= 0.3 is 0 Å². The summed E-state index contributed by atoms with van der Waals surface area (Å²) in [6.07, 6.45) is 0. The predicted molar refractivity (Wildman–Crippen MR) is 72.2 cm³/mol. The van der Waals surface area contributed by atoms with E-state index in [1.54, 1.807) is 6.07 Å². The SMILES string of the molecule is O=C([O-])CS[C@H]1c2ccccc2Oc2ccc(F)cc21. The maximum Gasteiger partial charge on any atom is 0.132 e. The van der Waals surface area contributed by atoms with Gasteiger partial charge in [0.05, 0.1) is 11.2 Å². The van der Waals surface area contributed by atoms with Gasteiger partial charge in [0, 0.05) is 16.9 Å². The molecule has 1 atom stereocenters. The van der Waals surface area contributed by atoms with E-state index in [4.69, 9.17) is 4.74 Å². The van der Waals surface area contributed by atoms with Crippen LogP contribution < -0.4 is 9.84 Å². The molecule has 1 heterocycles. The number of carbonyl (C=O) groups is 1. The van der Waals surface area contributed by atoms with Crippen molar-refractivity contribution < 1.29 is 19.0 Å². The molecule has 3 rings (SSSR count). The monoisotopic (exact) mass is 289 g/mol. The van der Waals surface area contributed by atoms with Crippen LogP contribution in [0.3, 0.4) is 0 Å². The Hall–Kier alpha value is -2.01. The number of benzene rings is 2. The topological polar surface area (TPSA) is 49.4 Å². The van der Waals surface area contributed by atoms with Crippen molar-refractivity contribution in [2.75, 3.05) is 5.75 Å². The van der Waals surface area contributed by atoms with Crippen molar-refractivity contribution in [3.05, 3.63) is 59.4 Å². The Bertz CT molecular complexity index is 672. The fourth-order valence-corrected chi connectivity index (χ4v) is 3.26. The molecule has 0 bridgehead atoms. The molecule has 3 nitrogen and oxygen atoms in total. The summed E-state index contributed by atoms with van der Waals surface area (Å²) in [5, 5.41) is 10.4. The Kier molecular flexibility index (Phi) is 3.36. The number of carboxylic acids is 1. The number of para-hydroxylation sites is 1. The van der Waals surface area contributed by atoms with Crippen molar-refractivity contribution in [2.24, 2.45) is 0 Å². The predicted octanol–water partition coefficient (Wildman–Crippen LogP) is 2.50. The van der Waals surface area contributed by atoms with E-state index >= 15 is 0 Å². The number of halogens is 1. The van der Waals surface area contributed by atoms with Gasteiger partial charge in [-0.05, 0) is 24.3 Å². The van der Waals surface area contributed by atoms with E-state index in [-0.39, 0.29) is 16.8 Å². The van der Waals surface area contributed by atoms with Crippen LogP contribution in [0.1, 0.15) is 16.4 Å². The molecular formula is C15H10FO3S-. The second-order valence-corrected chi connectivity index (χ2v) is 5.48. The van der Waals surface area contributed by atoms with Crippen molar-refractivity contribution >= 4 is 17.7 Å². The van der Waals surface area contributed by atoms with Crippen LogP contribution in [0, 0.1) is 5.82 Å². The standard InChI is InChI=1S/C15H11FO3S/c16-9-5-6-13-11(7-9)15(20-8-14(17)18)10-3-1-2-4-12(10)19-13/h1-7,15H,8H2,(H,17,18)/p-1/t15-/m0/s1. The highest BCUT2D eigenvalue weighted by Crippen LogP contribution is 2.49. The Morgan fingerprint density at radius 1 is 1.20 bits per heavy atom. The molecule has 2 aromatic carbocycles. The molecule has 0 N–H and O–H groups in total. The van der Waals surface area contributed by atoms with E-state index in [0.29, 0.717) is 17.1 Å². The van der Waals surface area contributed by atoms with Crippen molar-refractivity contribution in [1.82, 2.24) is 0 Å². The minimum atomic E-state index is -1.14. The zero-order chi connectivity index (χ0) is 14.1. The third-order valence-electron chi connectivity index (χ3n) is 3.04. The summed E-state index contributed by atoms with van der Waals surface area (Å²) < 4.78 is 19.2. The van der Waals surface area contributed by atoms with E-state index < -0.39 is 5.97 Å². The Balaban J connectivity index is 2.06. The summed E-state index contributed by atoms with van der Waals surface area (Å²) in [4.78, 5) is 10.7. The summed E-state index contributed by atoms with van der Waals surface area (Å²) in [5.41, 5.74) is 1.49. The number of aliphatic carboxylic acids is 1. The number of thioether (sulfide) groups is 1. The zero-order valence-electron chi connectivity index (χ0n) is 10.3. The van der Waals surface area contributed by atoms with Crippen molar-refractivity contribution in [2.45, 2.75) is 5.25 Å². The minimum Gasteiger partial charge on any atom is -0.549 e. The number of ether oxygens (including phenoxy) is 1. The first-order valence-electron chi connectivity index (χ1n) is 6.03. The molecule has 0 saturated carbocycles. The second kappa shape index (κ2) is 5.17. The third kappa shape index (κ3) is 2.36. The van der Waals surface area contributed by atoms with E-state index in [9.17, 15) is 14.3 Å². The highest BCUT2D eigenvalue weighted by Gasteiger charge is 2.27. The molecule has 20 heavy (non-hydrogen) atoms. The van der Waals surface area contributed by atoms with Crippen LogP contribution in [0.15, 0.2) is 42.5 Å². The molecule has 2 aromatic rings. The van der Waals surface area contributed by atoms with Crippen LogP contribution in [0.25, 0.3) is 0 Å². The maximum absolute atomic E-state index is 13.4. The number of carboxylic acid groups (broad SMARTS) is 1. The first kappa shape index (κ1) is 13.0. The van der Waals surface area contributed by atoms with E-state index in [2.05, 4.69) is 0 Å². The molecule has 0 spiro atoms. The number of fused-ring (bicyclic) bond motifs is 2. The van der Waals surface area contributed by atoms with Crippen molar-refractivity contribution in [1.29, 1.82) is 0 Å². The lowest BCUT2D eigenvalue weighted by Gasteiger charge is -2.28. The Morgan fingerprint density at radius 3 is 2.75 bits per heavy atom. The fraction of sp³-hybridized carbons (Fsp3) is 0.133. The largest absolute Gasteiger partial charge is 0.549 e. The van der Waals surface area contributed by atoms with Crippen LogP contribution in [-0.2, 0) is 4.79 Å². The summed E-state index contributed by atoms with van der Waals surface area (Å²) >= 11 is 1.19. The third-order valence-corrected chi connectivity index (χ3v) is 4.29.